The van der Waals surface area contributed by atoms with E-state index < -0.39 is 0 Å². The number of nitrogens with zero attached hydrogens (tertiary/aromatic N) is 3. The van der Waals surface area contributed by atoms with E-state index in [0.717, 1.165) is 37.2 Å². The lowest BCUT2D eigenvalue weighted by molar-refractivity contribution is -0.132. The topological polar surface area (TPSA) is 61.9 Å². The van der Waals surface area contributed by atoms with Crippen molar-refractivity contribution in [3.63, 3.8) is 0 Å². The van der Waals surface area contributed by atoms with Gasteiger partial charge in [0.15, 0.2) is 5.82 Å². The average Bonchev–Trinajstić information content (AvgIpc) is 3.09. The van der Waals surface area contributed by atoms with E-state index >= 15 is 0 Å². The van der Waals surface area contributed by atoms with Crippen molar-refractivity contribution in [1.29, 1.82) is 0 Å². The van der Waals surface area contributed by atoms with Gasteiger partial charge < -0.3 is 4.90 Å². The highest BCUT2D eigenvalue weighted by atomic mass is 32.2. The molecule has 24 heavy (non-hydrogen) atoms. The summed E-state index contributed by atoms with van der Waals surface area (Å²) in [5.74, 6) is 1.35. The third-order valence-electron chi connectivity index (χ3n) is 4.53. The molecular weight excluding hydrogens is 320 g/mol. The number of thioether (sulfide) groups is 1. The highest BCUT2D eigenvalue weighted by Gasteiger charge is 2.25. The molecule has 0 saturated carbocycles. The molecule has 1 amide bonds. The van der Waals surface area contributed by atoms with Crippen LogP contribution in [-0.4, -0.2) is 44.3 Å². The number of carbonyl (C=O) groups excluding carboxylic acids is 1. The zero-order valence-corrected chi connectivity index (χ0v) is 15.1. The van der Waals surface area contributed by atoms with Crippen molar-refractivity contribution in [2.75, 3.05) is 12.3 Å². The predicted octanol–water partition coefficient (Wildman–Crippen LogP) is 3.66. The molecule has 3 rings (SSSR count). The lowest BCUT2D eigenvalue weighted by atomic mass is 10.0. The first-order valence-electron chi connectivity index (χ1n) is 8.59. The summed E-state index contributed by atoms with van der Waals surface area (Å²) in [5, 5.41) is 7.81. The number of piperidine rings is 1. The molecule has 1 aliphatic heterocycles. The molecule has 2 heterocycles. The summed E-state index contributed by atoms with van der Waals surface area (Å²) in [4.78, 5) is 19.0. The number of nitrogens with one attached hydrogen (secondary N) is 1. The van der Waals surface area contributed by atoms with Crippen molar-refractivity contribution in [3.8, 4) is 11.4 Å². The van der Waals surface area contributed by atoms with E-state index in [1.165, 1.54) is 23.7 Å². The highest BCUT2D eigenvalue weighted by molar-refractivity contribution is 7.99. The summed E-state index contributed by atoms with van der Waals surface area (Å²) >= 11 is 1.41. The van der Waals surface area contributed by atoms with Crippen LogP contribution in [-0.2, 0) is 4.79 Å². The molecule has 1 saturated heterocycles. The second kappa shape index (κ2) is 7.83. The third kappa shape index (κ3) is 3.98. The van der Waals surface area contributed by atoms with E-state index in [-0.39, 0.29) is 5.91 Å². The van der Waals surface area contributed by atoms with Gasteiger partial charge in [0.05, 0.1) is 5.75 Å². The average molecular weight is 344 g/mol. The maximum atomic E-state index is 12.5. The maximum absolute atomic E-state index is 12.5. The lowest BCUT2D eigenvalue weighted by Gasteiger charge is -2.35. The Balaban J connectivity index is 1.59. The van der Waals surface area contributed by atoms with Crippen molar-refractivity contribution in [2.45, 2.75) is 50.7 Å². The number of carbonyl (C=O) groups is 1. The molecule has 1 atom stereocenters. The monoisotopic (exact) mass is 344 g/mol. The van der Waals surface area contributed by atoms with Gasteiger partial charge in [-0.05, 0) is 32.6 Å². The van der Waals surface area contributed by atoms with Gasteiger partial charge in [0.2, 0.25) is 11.1 Å². The van der Waals surface area contributed by atoms with E-state index in [4.69, 9.17) is 0 Å². The van der Waals surface area contributed by atoms with Gasteiger partial charge in [0.1, 0.15) is 0 Å². The fourth-order valence-electron chi connectivity index (χ4n) is 3.11. The maximum Gasteiger partial charge on any atom is 0.233 e. The molecule has 6 heteroatoms. The fourth-order valence-corrected chi connectivity index (χ4v) is 3.80. The Bertz CT molecular complexity index is 683. The molecular formula is C18H24N4OS. The van der Waals surface area contributed by atoms with Gasteiger partial charge in [-0.2, -0.15) is 0 Å². The van der Waals surface area contributed by atoms with Crippen LogP contribution in [0.4, 0.5) is 0 Å². The van der Waals surface area contributed by atoms with Crippen molar-refractivity contribution in [2.24, 2.45) is 0 Å². The molecule has 0 bridgehead atoms. The number of aryl methyl sites for hydroxylation is 1. The van der Waals surface area contributed by atoms with E-state index in [1.54, 1.807) is 0 Å². The standard InChI is InChI=1S/C18H24N4OS/c1-3-15-6-4-5-11-22(15)16(23)12-24-18-19-17(20-21-18)14-9-7-13(2)8-10-14/h7-10,15H,3-6,11-12H2,1-2H3,(H,19,20,21)/t15-/m1/s1. The molecule has 1 aromatic heterocycles. The largest absolute Gasteiger partial charge is 0.339 e. The summed E-state index contributed by atoms with van der Waals surface area (Å²) in [5.41, 5.74) is 2.22. The molecule has 1 aliphatic rings. The quantitative estimate of drug-likeness (QED) is 0.841. The molecule has 0 aliphatic carbocycles. The number of amides is 1. The highest BCUT2D eigenvalue weighted by Crippen LogP contribution is 2.23. The number of aromatic amines is 1. The second-order valence-corrected chi connectivity index (χ2v) is 7.21. The zero-order chi connectivity index (χ0) is 16.9. The van der Waals surface area contributed by atoms with E-state index in [2.05, 4.69) is 41.2 Å². The number of aromatic nitrogens is 3. The predicted molar refractivity (Wildman–Crippen MR) is 96.9 cm³/mol. The lowest BCUT2D eigenvalue weighted by Crippen LogP contribution is -2.44. The molecule has 128 valence electrons. The van der Waals surface area contributed by atoms with E-state index in [0.29, 0.717) is 17.0 Å². The summed E-state index contributed by atoms with van der Waals surface area (Å²) in [6.45, 7) is 5.11. The molecule has 0 spiro atoms. The van der Waals surface area contributed by atoms with Gasteiger partial charge in [0.25, 0.3) is 0 Å². The normalized spacial score (nSPS) is 17.9. The SMILES string of the molecule is CC[C@@H]1CCCCN1C(=O)CSc1n[nH]c(-c2ccc(C)cc2)n1. The van der Waals surface area contributed by atoms with Crippen LogP contribution < -0.4 is 0 Å². The first kappa shape index (κ1) is 17.0. The Kier molecular flexibility index (Phi) is 5.56. The van der Waals surface area contributed by atoms with Crippen LogP contribution in [0.5, 0.6) is 0 Å². The molecule has 5 nitrogen and oxygen atoms in total. The van der Waals surface area contributed by atoms with Gasteiger partial charge >= 0.3 is 0 Å². The summed E-state index contributed by atoms with van der Waals surface area (Å²) in [6, 6.07) is 8.55. The van der Waals surface area contributed by atoms with Crippen molar-refractivity contribution >= 4 is 17.7 Å². The molecule has 2 aromatic rings. The van der Waals surface area contributed by atoms with Crippen LogP contribution in [0.2, 0.25) is 0 Å². The van der Waals surface area contributed by atoms with Gasteiger partial charge in [0, 0.05) is 18.2 Å². The minimum atomic E-state index is 0.202. The van der Waals surface area contributed by atoms with Gasteiger partial charge in [-0.3, -0.25) is 9.89 Å². The van der Waals surface area contributed by atoms with Crippen LogP contribution in [0.3, 0.4) is 0 Å². The van der Waals surface area contributed by atoms with Gasteiger partial charge in [-0.25, -0.2) is 4.98 Å². The Morgan fingerprint density at radius 1 is 1.33 bits per heavy atom. The summed E-state index contributed by atoms with van der Waals surface area (Å²) in [7, 11) is 0. The van der Waals surface area contributed by atoms with Crippen LogP contribution in [0.25, 0.3) is 11.4 Å². The summed E-state index contributed by atoms with van der Waals surface area (Å²) in [6.07, 6.45) is 4.52. The van der Waals surface area contributed by atoms with Crippen LogP contribution >= 0.6 is 11.8 Å². The molecule has 0 radical (unpaired) electrons. The number of hydrogen-bond donors (Lipinski definition) is 1. The zero-order valence-electron chi connectivity index (χ0n) is 14.3. The number of hydrogen-bond acceptors (Lipinski definition) is 4. The van der Waals surface area contributed by atoms with Crippen molar-refractivity contribution in [1.82, 2.24) is 20.1 Å². The Morgan fingerprint density at radius 2 is 2.12 bits per heavy atom. The molecule has 1 N–H and O–H groups in total. The van der Waals surface area contributed by atoms with Gasteiger partial charge in [-0.15, -0.1) is 5.10 Å². The van der Waals surface area contributed by atoms with E-state index in [9.17, 15) is 4.79 Å². The number of rotatable bonds is 5. The first-order chi connectivity index (χ1) is 11.7. The van der Waals surface area contributed by atoms with Crippen LogP contribution in [0, 0.1) is 6.92 Å². The molecule has 1 aromatic carbocycles. The molecule has 0 unspecified atom stereocenters. The Labute approximate surface area is 147 Å². The second-order valence-electron chi connectivity index (χ2n) is 6.27. The van der Waals surface area contributed by atoms with Gasteiger partial charge in [-0.1, -0.05) is 48.5 Å². The molecule has 1 fully saturated rings. The number of H-pyrrole nitrogens is 1. The Hall–Kier alpha value is -1.82. The first-order valence-corrected chi connectivity index (χ1v) is 9.57. The van der Waals surface area contributed by atoms with Crippen LogP contribution in [0.1, 0.15) is 38.2 Å². The smallest absolute Gasteiger partial charge is 0.233 e. The minimum Gasteiger partial charge on any atom is -0.339 e. The fraction of sp³-hybridized carbons (Fsp3) is 0.500. The van der Waals surface area contributed by atoms with E-state index in [1.807, 2.05) is 17.0 Å². The van der Waals surface area contributed by atoms with Crippen molar-refractivity contribution < 1.29 is 4.79 Å². The third-order valence-corrected chi connectivity index (χ3v) is 5.37. The Morgan fingerprint density at radius 3 is 2.88 bits per heavy atom. The van der Waals surface area contributed by atoms with Crippen molar-refractivity contribution in [3.05, 3.63) is 29.8 Å². The summed E-state index contributed by atoms with van der Waals surface area (Å²) < 4.78 is 0. The number of likely N-dealkylation sites (tertiary alicyclic amines) is 1. The van der Waals surface area contributed by atoms with Crippen LogP contribution in [0.15, 0.2) is 29.4 Å². The minimum absolute atomic E-state index is 0.202. The number of benzene rings is 1.